The first-order valence-electron chi connectivity index (χ1n) is 6.97. The number of hydrogen-bond donors (Lipinski definition) is 1. The highest BCUT2D eigenvalue weighted by Gasteiger charge is 2.22. The van der Waals surface area contributed by atoms with E-state index in [1.165, 1.54) is 0 Å². The summed E-state index contributed by atoms with van der Waals surface area (Å²) in [6.07, 6.45) is 2.31. The summed E-state index contributed by atoms with van der Waals surface area (Å²) < 4.78 is 0. The van der Waals surface area contributed by atoms with Gasteiger partial charge in [0.25, 0.3) is 0 Å². The van der Waals surface area contributed by atoms with Gasteiger partial charge in [-0.15, -0.1) is 0 Å². The van der Waals surface area contributed by atoms with Crippen LogP contribution in [0, 0.1) is 5.92 Å². The number of piperazine rings is 1. The second kappa shape index (κ2) is 7.54. The van der Waals surface area contributed by atoms with Crippen LogP contribution >= 0.6 is 0 Å². The molecular weight excluding hydrogens is 214 g/mol. The largest absolute Gasteiger partial charge is 0.325 e. The molecular formula is C13H27N3O. The van der Waals surface area contributed by atoms with Gasteiger partial charge in [0, 0.05) is 39.3 Å². The first kappa shape index (κ1) is 14.3. The number of rotatable bonds is 5. The first-order valence-corrected chi connectivity index (χ1v) is 6.97. The van der Waals surface area contributed by atoms with Gasteiger partial charge in [0.05, 0.1) is 0 Å². The molecule has 0 aromatic heterocycles. The fourth-order valence-corrected chi connectivity index (χ4v) is 2.26. The number of nitrogens with one attached hydrogen (secondary N) is 1. The Bertz CT molecular complexity index is 223. The predicted molar refractivity (Wildman–Crippen MR) is 71.2 cm³/mol. The predicted octanol–water partition coefficient (Wildman–Crippen LogP) is 1.77. The molecule has 0 bridgehead atoms. The third-order valence-corrected chi connectivity index (χ3v) is 3.67. The van der Waals surface area contributed by atoms with E-state index in [-0.39, 0.29) is 6.03 Å². The summed E-state index contributed by atoms with van der Waals surface area (Å²) >= 11 is 0. The van der Waals surface area contributed by atoms with Crippen molar-refractivity contribution >= 4 is 6.03 Å². The molecule has 0 unspecified atom stereocenters. The Morgan fingerprint density at radius 3 is 2.29 bits per heavy atom. The first-order chi connectivity index (χ1) is 8.22. The number of carbonyl (C=O) groups excluding carboxylic acids is 1. The molecule has 4 heteroatoms. The minimum atomic E-state index is 0.223. The molecule has 4 nitrogen and oxygen atoms in total. The molecule has 100 valence electrons. The van der Waals surface area contributed by atoms with Crippen LogP contribution in [0.1, 0.15) is 33.6 Å². The van der Waals surface area contributed by atoms with Crippen molar-refractivity contribution in [1.82, 2.24) is 15.1 Å². The molecule has 0 saturated carbocycles. The van der Waals surface area contributed by atoms with Crippen molar-refractivity contribution in [3.05, 3.63) is 0 Å². The zero-order valence-corrected chi connectivity index (χ0v) is 11.5. The van der Waals surface area contributed by atoms with E-state index >= 15 is 0 Å². The summed E-state index contributed by atoms with van der Waals surface area (Å²) in [6.45, 7) is 11.8. The Balaban J connectivity index is 2.50. The standard InChI is InChI=1S/C13H27N3O/c1-4-12(5-2)11-15(6-3)13(17)16-9-7-14-8-10-16/h12,14H,4-11H2,1-3H3. The lowest BCUT2D eigenvalue weighted by Gasteiger charge is -2.34. The van der Waals surface area contributed by atoms with Gasteiger partial charge < -0.3 is 15.1 Å². The Kier molecular flexibility index (Phi) is 6.34. The van der Waals surface area contributed by atoms with E-state index in [0.717, 1.165) is 52.1 Å². The molecule has 0 aliphatic carbocycles. The summed E-state index contributed by atoms with van der Waals surface area (Å²) in [5.74, 6) is 0.641. The lowest BCUT2D eigenvalue weighted by Crippen LogP contribution is -2.52. The van der Waals surface area contributed by atoms with Gasteiger partial charge in [-0.1, -0.05) is 26.7 Å². The number of nitrogens with zero attached hydrogens (tertiary/aromatic N) is 2. The molecule has 0 aromatic carbocycles. The smallest absolute Gasteiger partial charge is 0.320 e. The third-order valence-electron chi connectivity index (χ3n) is 3.67. The van der Waals surface area contributed by atoms with E-state index in [2.05, 4.69) is 26.1 Å². The molecule has 2 amide bonds. The van der Waals surface area contributed by atoms with Gasteiger partial charge in [-0.3, -0.25) is 0 Å². The molecule has 1 aliphatic heterocycles. The van der Waals surface area contributed by atoms with Crippen LogP contribution in [0.25, 0.3) is 0 Å². The normalized spacial score (nSPS) is 16.4. The van der Waals surface area contributed by atoms with Gasteiger partial charge in [0.2, 0.25) is 0 Å². The molecule has 17 heavy (non-hydrogen) atoms. The number of urea groups is 1. The van der Waals surface area contributed by atoms with Crippen LogP contribution < -0.4 is 5.32 Å². The maximum atomic E-state index is 12.3. The van der Waals surface area contributed by atoms with Gasteiger partial charge in [-0.05, 0) is 12.8 Å². The zero-order valence-electron chi connectivity index (χ0n) is 11.5. The van der Waals surface area contributed by atoms with Crippen molar-refractivity contribution in [2.45, 2.75) is 33.6 Å². The monoisotopic (exact) mass is 241 g/mol. The Labute approximate surface area is 105 Å². The molecule has 0 aromatic rings. The second-order valence-corrected chi connectivity index (χ2v) is 4.74. The summed E-state index contributed by atoms with van der Waals surface area (Å²) in [5.41, 5.74) is 0. The van der Waals surface area contributed by atoms with Gasteiger partial charge in [0.15, 0.2) is 0 Å². The third kappa shape index (κ3) is 4.19. The van der Waals surface area contributed by atoms with E-state index in [1.807, 2.05) is 9.80 Å². The van der Waals surface area contributed by atoms with Crippen molar-refractivity contribution in [2.75, 3.05) is 39.3 Å². The van der Waals surface area contributed by atoms with Gasteiger partial charge in [-0.25, -0.2) is 4.79 Å². The number of amides is 2. The number of carbonyl (C=O) groups is 1. The van der Waals surface area contributed by atoms with E-state index in [0.29, 0.717) is 5.92 Å². The summed E-state index contributed by atoms with van der Waals surface area (Å²) in [6, 6.07) is 0.223. The van der Waals surface area contributed by atoms with Crippen LogP contribution in [-0.4, -0.2) is 55.1 Å². The maximum absolute atomic E-state index is 12.3. The van der Waals surface area contributed by atoms with Crippen LogP contribution in [0.2, 0.25) is 0 Å². The highest BCUT2D eigenvalue weighted by molar-refractivity contribution is 5.74. The summed E-state index contributed by atoms with van der Waals surface area (Å²) in [7, 11) is 0. The zero-order chi connectivity index (χ0) is 12.7. The minimum absolute atomic E-state index is 0.223. The van der Waals surface area contributed by atoms with Crippen molar-refractivity contribution in [3.63, 3.8) is 0 Å². The molecule has 1 rings (SSSR count). The summed E-state index contributed by atoms with van der Waals surface area (Å²) in [4.78, 5) is 16.3. The minimum Gasteiger partial charge on any atom is -0.325 e. The second-order valence-electron chi connectivity index (χ2n) is 4.74. The van der Waals surface area contributed by atoms with Crippen LogP contribution in [0.15, 0.2) is 0 Å². The molecule has 1 aliphatic rings. The van der Waals surface area contributed by atoms with Crippen molar-refractivity contribution in [2.24, 2.45) is 5.92 Å². The van der Waals surface area contributed by atoms with E-state index in [4.69, 9.17) is 0 Å². The highest BCUT2D eigenvalue weighted by atomic mass is 16.2. The molecule has 0 radical (unpaired) electrons. The molecule has 0 spiro atoms. The van der Waals surface area contributed by atoms with Crippen LogP contribution in [0.4, 0.5) is 4.79 Å². The number of hydrogen-bond acceptors (Lipinski definition) is 2. The molecule has 1 N–H and O–H groups in total. The van der Waals surface area contributed by atoms with E-state index < -0.39 is 0 Å². The molecule has 1 saturated heterocycles. The Morgan fingerprint density at radius 2 is 1.82 bits per heavy atom. The quantitative estimate of drug-likeness (QED) is 0.796. The molecule has 1 heterocycles. The molecule has 1 fully saturated rings. The average molecular weight is 241 g/mol. The van der Waals surface area contributed by atoms with E-state index in [9.17, 15) is 4.79 Å². The fraction of sp³-hybridized carbons (Fsp3) is 0.923. The van der Waals surface area contributed by atoms with Gasteiger partial charge >= 0.3 is 6.03 Å². The lowest BCUT2D eigenvalue weighted by molar-refractivity contribution is 0.140. The van der Waals surface area contributed by atoms with Crippen molar-refractivity contribution < 1.29 is 4.79 Å². The lowest BCUT2D eigenvalue weighted by atomic mass is 10.0. The highest BCUT2D eigenvalue weighted by Crippen LogP contribution is 2.11. The Hall–Kier alpha value is -0.770. The van der Waals surface area contributed by atoms with Crippen molar-refractivity contribution in [1.29, 1.82) is 0 Å². The van der Waals surface area contributed by atoms with Gasteiger partial charge in [-0.2, -0.15) is 0 Å². The van der Waals surface area contributed by atoms with E-state index in [1.54, 1.807) is 0 Å². The van der Waals surface area contributed by atoms with Crippen LogP contribution in [0.5, 0.6) is 0 Å². The van der Waals surface area contributed by atoms with Crippen molar-refractivity contribution in [3.8, 4) is 0 Å². The topological polar surface area (TPSA) is 35.6 Å². The van der Waals surface area contributed by atoms with Crippen LogP contribution in [-0.2, 0) is 0 Å². The molecule has 0 atom stereocenters. The Morgan fingerprint density at radius 1 is 1.24 bits per heavy atom. The van der Waals surface area contributed by atoms with Gasteiger partial charge in [0.1, 0.15) is 0 Å². The van der Waals surface area contributed by atoms with Crippen LogP contribution in [0.3, 0.4) is 0 Å². The fourth-order valence-electron chi connectivity index (χ4n) is 2.26. The maximum Gasteiger partial charge on any atom is 0.320 e. The average Bonchev–Trinajstić information content (AvgIpc) is 2.40. The summed E-state index contributed by atoms with van der Waals surface area (Å²) in [5, 5.41) is 3.28. The SMILES string of the molecule is CCC(CC)CN(CC)C(=O)N1CCNCC1.